The van der Waals surface area contributed by atoms with Crippen LogP contribution in [-0.2, 0) is 0 Å². The van der Waals surface area contributed by atoms with Crippen molar-refractivity contribution in [2.24, 2.45) is 0 Å². The first-order valence-corrected chi connectivity index (χ1v) is 21.7. The molecule has 13 rings (SSSR count). The van der Waals surface area contributed by atoms with E-state index in [-0.39, 0.29) is 0 Å². The van der Waals surface area contributed by atoms with Gasteiger partial charge in [-0.2, -0.15) is 0 Å². The average molecular weight is 809 g/mol. The lowest BCUT2D eigenvalue weighted by Crippen LogP contribution is -2.17. The van der Waals surface area contributed by atoms with Gasteiger partial charge < -0.3 is 4.42 Å². The van der Waals surface area contributed by atoms with Gasteiger partial charge in [-0.15, -0.1) is 11.3 Å². The van der Waals surface area contributed by atoms with Gasteiger partial charge in [0.2, 0.25) is 0 Å². The normalized spacial score (nSPS) is 11.9. The van der Waals surface area contributed by atoms with Crippen molar-refractivity contribution >= 4 is 85.8 Å². The summed E-state index contributed by atoms with van der Waals surface area (Å²) in [5.74, 6) is 2.20. The highest BCUT2D eigenvalue weighted by Crippen LogP contribution is 2.42. The van der Waals surface area contributed by atoms with E-state index < -0.39 is 0 Å². The van der Waals surface area contributed by atoms with Gasteiger partial charge in [0.1, 0.15) is 11.2 Å². The fourth-order valence-corrected chi connectivity index (χ4v) is 10.7. The van der Waals surface area contributed by atoms with E-state index in [1.54, 1.807) is 11.3 Å². The van der Waals surface area contributed by atoms with Gasteiger partial charge in [0, 0.05) is 30.9 Å². The molecule has 0 atom stereocenters. The van der Waals surface area contributed by atoms with E-state index in [2.05, 4.69) is 187 Å². The van der Waals surface area contributed by atoms with Crippen LogP contribution < -0.4 is 4.98 Å². The molecule has 0 spiro atoms. The first-order valence-electron chi connectivity index (χ1n) is 20.9. The molecule has 62 heavy (non-hydrogen) atoms. The van der Waals surface area contributed by atoms with Crippen LogP contribution in [-0.4, -0.2) is 9.97 Å². The number of hydrogen-bond donors (Lipinski definition) is 0. The van der Waals surface area contributed by atoms with E-state index in [0.717, 1.165) is 67.0 Å². The van der Waals surface area contributed by atoms with Crippen LogP contribution in [0.4, 0.5) is 0 Å². The largest absolute Gasteiger partial charge is 0.456 e. The summed E-state index contributed by atoms with van der Waals surface area (Å²) in [6, 6.07) is 71.3. The number of nitrogens with one attached hydrogen (secondary N) is 1. The van der Waals surface area contributed by atoms with Crippen molar-refractivity contribution in [2.45, 2.75) is 0 Å². The second kappa shape index (κ2) is 13.8. The minimum atomic E-state index is 0.653. The predicted molar refractivity (Wildman–Crippen MR) is 258 cm³/mol. The molecule has 3 aromatic heterocycles. The second-order valence-corrected chi connectivity index (χ2v) is 17.0. The Kier molecular flexibility index (Phi) is 7.74. The summed E-state index contributed by atoms with van der Waals surface area (Å²) in [4.78, 5) is 14.1. The van der Waals surface area contributed by atoms with Gasteiger partial charge in [-0.05, 0) is 115 Å². The minimum Gasteiger partial charge on any atom is -0.456 e. The molecular formula is C57H34N3OS+. The highest BCUT2D eigenvalue weighted by Gasteiger charge is 2.23. The van der Waals surface area contributed by atoms with E-state index >= 15 is 0 Å². The number of H-pyrrole nitrogens is 1. The summed E-state index contributed by atoms with van der Waals surface area (Å²) in [6.07, 6.45) is 0. The van der Waals surface area contributed by atoms with Crippen LogP contribution in [0.3, 0.4) is 0 Å². The number of fused-ring (bicyclic) bond motifs is 12. The Bertz CT molecular complexity index is 3910. The van der Waals surface area contributed by atoms with Crippen molar-refractivity contribution in [3.63, 3.8) is 0 Å². The van der Waals surface area contributed by atoms with Crippen molar-refractivity contribution in [1.82, 2.24) is 9.97 Å². The van der Waals surface area contributed by atoms with E-state index in [1.165, 1.54) is 58.1 Å². The predicted octanol–water partition coefficient (Wildman–Crippen LogP) is 15.4. The van der Waals surface area contributed by atoms with E-state index in [0.29, 0.717) is 5.82 Å². The van der Waals surface area contributed by atoms with Gasteiger partial charge in [0.25, 0.3) is 11.6 Å². The van der Waals surface area contributed by atoms with Crippen molar-refractivity contribution < 1.29 is 9.40 Å². The maximum atomic E-state index is 6.55. The maximum absolute atomic E-state index is 6.55. The van der Waals surface area contributed by atoms with Crippen LogP contribution in [0.15, 0.2) is 205 Å². The number of aromatic amines is 1. The van der Waals surface area contributed by atoms with Crippen LogP contribution in [0.25, 0.3) is 131 Å². The summed E-state index contributed by atoms with van der Waals surface area (Å²) in [7, 11) is 0. The Hall–Kier alpha value is -7.99. The third kappa shape index (κ3) is 5.49. The van der Waals surface area contributed by atoms with Crippen molar-refractivity contribution in [3.8, 4) is 56.4 Å². The van der Waals surface area contributed by atoms with Gasteiger partial charge >= 0.3 is 5.82 Å². The minimum absolute atomic E-state index is 0.653. The van der Waals surface area contributed by atoms with Crippen LogP contribution in [0.1, 0.15) is 0 Å². The SMILES string of the molecule is c1ccc(-c2nc(-c3cccc(-c4cccc5oc6ccc(-c7ccc8c9ccccc9c9ccccc9c8c7)cc6c45)c3)nc(-c3cccc4c3sc3ccccc34)[nH+]2)cc1. The van der Waals surface area contributed by atoms with Gasteiger partial charge in [-0.1, -0.05) is 149 Å². The monoisotopic (exact) mass is 808 g/mol. The number of furan rings is 1. The Morgan fingerprint density at radius 3 is 1.74 bits per heavy atom. The zero-order valence-corrected chi connectivity index (χ0v) is 34.1. The Balaban J connectivity index is 0.957. The Morgan fingerprint density at radius 1 is 0.355 bits per heavy atom. The smallest absolute Gasteiger partial charge is 0.308 e. The van der Waals surface area contributed by atoms with Crippen molar-refractivity contribution in [1.29, 1.82) is 0 Å². The van der Waals surface area contributed by atoms with E-state index in [4.69, 9.17) is 14.4 Å². The molecule has 0 amide bonds. The number of rotatable bonds is 5. The summed E-state index contributed by atoms with van der Waals surface area (Å²) >= 11 is 1.80. The Labute approximate surface area is 360 Å². The van der Waals surface area contributed by atoms with Crippen LogP contribution in [0.5, 0.6) is 0 Å². The van der Waals surface area contributed by atoms with Crippen molar-refractivity contribution in [2.75, 3.05) is 0 Å². The zero-order chi connectivity index (χ0) is 40.7. The first kappa shape index (κ1) is 34.8. The molecule has 0 saturated carbocycles. The van der Waals surface area contributed by atoms with Gasteiger partial charge in [0.05, 0.1) is 16.7 Å². The number of benzene rings is 10. The molecule has 4 nitrogen and oxygen atoms in total. The van der Waals surface area contributed by atoms with Crippen LogP contribution in [0, 0.1) is 0 Å². The molecule has 1 N–H and O–H groups in total. The number of thiophene rings is 1. The fraction of sp³-hybridized carbons (Fsp3) is 0. The van der Waals surface area contributed by atoms with Crippen molar-refractivity contribution in [3.05, 3.63) is 200 Å². The fourth-order valence-electron chi connectivity index (χ4n) is 9.49. The summed E-state index contributed by atoms with van der Waals surface area (Å²) < 4.78 is 9.01. The molecule has 13 aromatic rings. The van der Waals surface area contributed by atoms with Gasteiger partial charge in [-0.25, -0.2) is 4.98 Å². The lowest BCUT2D eigenvalue weighted by atomic mass is 9.91. The highest BCUT2D eigenvalue weighted by molar-refractivity contribution is 7.26. The third-order valence-corrected chi connectivity index (χ3v) is 13.6. The molecule has 0 saturated heterocycles. The van der Waals surface area contributed by atoms with Gasteiger partial charge in [-0.3, -0.25) is 0 Å². The summed E-state index contributed by atoms with van der Waals surface area (Å²) in [6.45, 7) is 0. The number of hydrogen-bond acceptors (Lipinski definition) is 4. The van der Waals surface area contributed by atoms with E-state index in [9.17, 15) is 0 Å². The molecule has 0 aliphatic carbocycles. The Morgan fingerprint density at radius 2 is 0.935 bits per heavy atom. The van der Waals surface area contributed by atoms with Gasteiger partial charge in [0.15, 0.2) is 0 Å². The second-order valence-electron chi connectivity index (χ2n) is 15.9. The molecule has 0 aliphatic heterocycles. The molecule has 5 heteroatoms. The molecular weight excluding hydrogens is 775 g/mol. The standard InChI is InChI=1S/C57H33N3OS/c1-2-13-34(14-3-1)55-58-56(60-57(59-55)47-24-11-23-46-45-21-8-9-26-52(45)62-54(46)47)38-16-10-15-37(31-38)39-22-12-25-51-53(39)49-33-36(28-30-50(49)61-51)35-27-29-44-42-19-5-4-17-40(42)41-18-6-7-20-43(41)48(44)32-35/h1-33H/p+1. The average Bonchev–Trinajstić information content (AvgIpc) is 3.92. The third-order valence-electron chi connectivity index (χ3n) is 12.4. The zero-order valence-electron chi connectivity index (χ0n) is 33.3. The first-order chi connectivity index (χ1) is 30.7. The number of nitrogens with zero attached hydrogens (tertiary/aromatic N) is 2. The molecule has 0 fully saturated rings. The number of aromatic nitrogens is 3. The van der Waals surface area contributed by atoms with E-state index in [1.807, 2.05) is 18.2 Å². The molecule has 0 bridgehead atoms. The molecule has 10 aromatic carbocycles. The summed E-state index contributed by atoms with van der Waals surface area (Å²) in [5, 5.41) is 12.3. The molecule has 3 heterocycles. The van der Waals surface area contributed by atoms with Crippen LogP contribution in [0.2, 0.25) is 0 Å². The quantitative estimate of drug-likeness (QED) is 0.163. The molecule has 288 valence electrons. The topological polar surface area (TPSA) is 53.1 Å². The summed E-state index contributed by atoms with van der Waals surface area (Å²) in [5.41, 5.74) is 9.17. The highest BCUT2D eigenvalue weighted by atomic mass is 32.1. The lowest BCUT2D eigenvalue weighted by Gasteiger charge is -2.12. The molecule has 0 unspecified atom stereocenters. The molecule has 0 aliphatic rings. The lowest BCUT2D eigenvalue weighted by molar-refractivity contribution is -0.359. The van der Waals surface area contributed by atoms with Crippen LogP contribution >= 0.6 is 11.3 Å². The maximum Gasteiger partial charge on any atom is 0.308 e. The molecule has 0 radical (unpaired) electrons.